The number of hydrogen-bond acceptors (Lipinski definition) is 2. The molecule has 0 aliphatic carbocycles. The molecule has 1 aromatic carbocycles. The minimum Gasteiger partial charge on any atom is -0.398 e. The summed E-state index contributed by atoms with van der Waals surface area (Å²) in [4.78, 5) is 0. The zero-order valence-corrected chi connectivity index (χ0v) is 7.25. The molecule has 0 aromatic heterocycles. The third-order valence-electron chi connectivity index (χ3n) is 1.30. The van der Waals surface area contributed by atoms with Gasteiger partial charge in [-0.3, -0.25) is 0 Å². The fourth-order valence-electron chi connectivity index (χ4n) is 0.727. The fraction of sp³-hybridized carbons (Fsp3) is 0. The van der Waals surface area contributed by atoms with Gasteiger partial charge in [-0.2, -0.15) is 5.26 Å². The zero-order valence-electron chi connectivity index (χ0n) is 5.74. The Morgan fingerprint density at radius 3 is 2.58 bits per heavy atom. The molecule has 2 nitrogen and oxygen atoms in total. The summed E-state index contributed by atoms with van der Waals surface area (Å²) in [5, 5.41) is 7.98. The maximum absolute atomic E-state index is 12.9. The van der Waals surface area contributed by atoms with Gasteiger partial charge in [0, 0.05) is 0 Å². The average Bonchev–Trinajstić information content (AvgIpc) is 2.01. The van der Waals surface area contributed by atoms with E-state index in [4.69, 9.17) is 34.2 Å². The second kappa shape index (κ2) is 3.18. The third kappa shape index (κ3) is 1.31. The molecule has 0 spiro atoms. The minimum atomic E-state index is -0.816. The van der Waals surface area contributed by atoms with Crippen LogP contribution in [-0.4, -0.2) is 0 Å². The van der Waals surface area contributed by atoms with Gasteiger partial charge in [-0.25, -0.2) is 4.39 Å². The molecule has 1 aromatic rings. The highest BCUT2D eigenvalue weighted by Gasteiger charge is 2.13. The molecule has 12 heavy (non-hydrogen) atoms. The summed E-state index contributed by atoms with van der Waals surface area (Å²) in [6.07, 6.45) is 0. The van der Waals surface area contributed by atoms with Crippen molar-refractivity contribution in [3.63, 3.8) is 0 Å². The van der Waals surface area contributed by atoms with Crippen LogP contribution < -0.4 is 5.73 Å². The molecule has 0 aliphatic rings. The van der Waals surface area contributed by atoms with Gasteiger partial charge in [0.2, 0.25) is 0 Å². The highest BCUT2D eigenvalue weighted by atomic mass is 35.5. The van der Waals surface area contributed by atoms with E-state index in [1.165, 1.54) is 0 Å². The lowest BCUT2D eigenvalue weighted by Gasteiger charge is -2.02. The molecule has 0 saturated carbocycles. The molecule has 0 heterocycles. The van der Waals surface area contributed by atoms with Crippen LogP contribution in [0.4, 0.5) is 10.1 Å². The Morgan fingerprint density at radius 2 is 2.08 bits per heavy atom. The van der Waals surface area contributed by atoms with E-state index in [0.717, 1.165) is 6.07 Å². The maximum Gasteiger partial charge on any atom is 0.161 e. The average molecular weight is 205 g/mol. The first kappa shape index (κ1) is 9.11. The standard InChI is InChI=1S/C7H3Cl2FN2/c8-4-1-5(12)3(2-11)6(9)7(4)10/h1H,12H2. The van der Waals surface area contributed by atoms with Crippen molar-refractivity contribution in [1.29, 1.82) is 5.26 Å². The van der Waals surface area contributed by atoms with Gasteiger partial charge in [-0.05, 0) is 6.07 Å². The molecule has 0 fully saturated rings. The van der Waals surface area contributed by atoms with Crippen LogP contribution in [0.1, 0.15) is 5.56 Å². The number of nitrogens with zero attached hydrogens (tertiary/aromatic N) is 1. The minimum absolute atomic E-state index is 0.0777. The summed E-state index contributed by atoms with van der Waals surface area (Å²) in [5.41, 5.74) is 5.34. The normalized spacial score (nSPS) is 9.50. The van der Waals surface area contributed by atoms with Crippen molar-refractivity contribution < 1.29 is 4.39 Å². The molecule has 62 valence electrons. The van der Waals surface area contributed by atoms with Gasteiger partial charge in [-0.15, -0.1) is 0 Å². The van der Waals surface area contributed by atoms with Gasteiger partial charge >= 0.3 is 0 Å². The Kier molecular flexibility index (Phi) is 2.41. The number of halogens is 3. The summed E-state index contributed by atoms with van der Waals surface area (Å²) in [7, 11) is 0. The van der Waals surface area contributed by atoms with E-state index in [-0.39, 0.29) is 21.3 Å². The lowest BCUT2D eigenvalue weighted by atomic mass is 10.2. The predicted octanol–water partition coefficient (Wildman–Crippen LogP) is 2.59. The van der Waals surface area contributed by atoms with Crippen molar-refractivity contribution >= 4 is 28.9 Å². The van der Waals surface area contributed by atoms with Crippen molar-refractivity contribution in [2.75, 3.05) is 5.73 Å². The lowest BCUT2D eigenvalue weighted by Crippen LogP contribution is -1.94. The van der Waals surface area contributed by atoms with Crippen molar-refractivity contribution in [2.45, 2.75) is 0 Å². The Hall–Kier alpha value is -0.980. The van der Waals surface area contributed by atoms with Crippen molar-refractivity contribution in [3.8, 4) is 6.07 Å². The monoisotopic (exact) mass is 204 g/mol. The topological polar surface area (TPSA) is 49.8 Å². The van der Waals surface area contributed by atoms with E-state index in [1.54, 1.807) is 6.07 Å². The van der Waals surface area contributed by atoms with E-state index in [9.17, 15) is 4.39 Å². The first-order valence-corrected chi connectivity index (χ1v) is 3.66. The van der Waals surface area contributed by atoms with Gasteiger partial charge in [0.15, 0.2) is 5.82 Å². The smallest absolute Gasteiger partial charge is 0.161 e. The van der Waals surface area contributed by atoms with Crippen molar-refractivity contribution in [3.05, 3.63) is 27.5 Å². The highest BCUT2D eigenvalue weighted by molar-refractivity contribution is 6.36. The van der Waals surface area contributed by atoms with Gasteiger partial charge in [-0.1, -0.05) is 23.2 Å². The Bertz CT molecular complexity index is 371. The second-order valence-corrected chi connectivity index (χ2v) is 2.85. The van der Waals surface area contributed by atoms with Crippen LogP contribution in [0.15, 0.2) is 6.07 Å². The summed E-state index contributed by atoms with van der Waals surface area (Å²) >= 11 is 10.8. The Labute approximate surface area is 78.3 Å². The van der Waals surface area contributed by atoms with E-state index >= 15 is 0 Å². The molecule has 1 rings (SSSR count). The van der Waals surface area contributed by atoms with Crippen molar-refractivity contribution in [2.24, 2.45) is 0 Å². The SMILES string of the molecule is N#Cc1c(N)cc(Cl)c(F)c1Cl. The van der Waals surface area contributed by atoms with Crippen LogP contribution in [0.25, 0.3) is 0 Å². The van der Waals surface area contributed by atoms with E-state index < -0.39 is 5.82 Å². The quantitative estimate of drug-likeness (QED) is 0.522. The van der Waals surface area contributed by atoms with Crippen LogP contribution in [0.5, 0.6) is 0 Å². The molecular weight excluding hydrogens is 202 g/mol. The number of nitriles is 1. The molecule has 0 bridgehead atoms. The van der Waals surface area contributed by atoms with Crippen LogP contribution in [-0.2, 0) is 0 Å². The van der Waals surface area contributed by atoms with Gasteiger partial charge < -0.3 is 5.73 Å². The summed E-state index contributed by atoms with van der Waals surface area (Å²) in [6.45, 7) is 0. The number of nitrogen functional groups attached to an aromatic ring is 1. The Morgan fingerprint density at radius 1 is 1.50 bits per heavy atom. The number of hydrogen-bond donors (Lipinski definition) is 1. The molecular formula is C7H3Cl2FN2. The molecule has 0 saturated heterocycles. The highest BCUT2D eigenvalue weighted by Crippen LogP contribution is 2.30. The third-order valence-corrected chi connectivity index (χ3v) is 1.93. The summed E-state index contributed by atoms with van der Waals surface area (Å²) in [5.74, 6) is -0.816. The first-order chi connectivity index (χ1) is 5.57. The lowest BCUT2D eigenvalue weighted by molar-refractivity contribution is 0.628. The molecule has 2 N–H and O–H groups in total. The van der Waals surface area contributed by atoms with Gasteiger partial charge in [0.05, 0.1) is 21.3 Å². The predicted molar refractivity (Wildman–Crippen MR) is 45.5 cm³/mol. The molecule has 0 atom stereocenters. The molecule has 0 unspecified atom stereocenters. The van der Waals surface area contributed by atoms with Crippen LogP contribution >= 0.6 is 23.2 Å². The van der Waals surface area contributed by atoms with E-state index in [1.807, 2.05) is 0 Å². The number of rotatable bonds is 0. The fourth-order valence-corrected chi connectivity index (χ4v) is 1.24. The van der Waals surface area contributed by atoms with Crippen LogP contribution in [0, 0.1) is 17.1 Å². The van der Waals surface area contributed by atoms with E-state index in [2.05, 4.69) is 0 Å². The molecule has 0 radical (unpaired) electrons. The maximum atomic E-state index is 12.9. The first-order valence-electron chi connectivity index (χ1n) is 2.91. The number of nitrogens with two attached hydrogens (primary N) is 1. The number of anilines is 1. The molecule has 5 heteroatoms. The van der Waals surface area contributed by atoms with Crippen LogP contribution in [0.3, 0.4) is 0 Å². The zero-order chi connectivity index (χ0) is 9.30. The second-order valence-electron chi connectivity index (χ2n) is 2.06. The summed E-state index contributed by atoms with van der Waals surface area (Å²) in [6, 6.07) is 2.83. The summed E-state index contributed by atoms with van der Waals surface area (Å²) < 4.78 is 12.9. The van der Waals surface area contributed by atoms with Gasteiger partial charge in [0.25, 0.3) is 0 Å². The molecule has 0 aliphatic heterocycles. The number of benzene rings is 1. The van der Waals surface area contributed by atoms with Gasteiger partial charge in [0.1, 0.15) is 6.07 Å². The van der Waals surface area contributed by atoms with Crippen molar-refractivity contribution in [1.82, 2.24) is 0 Å². The van der Waals surface area contributed by atoms with Crippen LogP contribution in [0.2, 0.25) is 10.0 Å². The Balaban J connectivity index is 3.54. The largest absolute Gasteiger partial charge is 0.398 e. The molecule has 0 amide bonds. The van der Waals surface area contributed by atoms with E-state index in [0.29, 0.717) is 0 Å².